The molecule has 0 saturated heterocycles. The predicted octanol–water partition coefficient (Wildman–Crippen LogP) is 3.61. The van der Waals surface area contributed by atoms with Gasteiger partial charge in [-0.3, -0.25) is 0 Å². The number of sulfonamides is 1. The fourth-order valence-electron chi connectivity index (χ4n) is 1.88. The van der Waals surface area contributed by atoms with Gasteiger partial charge in [0.2, 0.25) is 10.0 Å². The Hall–Kier alpha value is -1.56. The molecule has 22 heavy (non-hydrogen) atoms. The van der Waals surface area contributed by atoms with Gasteiger partial charge in [0.05, 0.1) is 6.61 Å². The summed E-state index contributed by atoms with van der Waals surface area (Å²) in [6.07, 6.45) is 0.791. The van der Waals surface area contributed by atoms with E-state index in [-0.39, 0.29) is 11.4 Å². The zero-order chi connectivity index (χ0) is 16.0. The summed E-state index contributed by atoms with van der Waals surface area (Å²) < 4.78 is 33.1. The molecule has 0 atom stereocenters. The molecule has 2 aromatic carbocycles. The number of ether oxygens (including phenoxy) is 1. The summed E-state index contributed by atoms with van der Waals surface area (Å²) in [7, 11) is -3.70. The molecule has 6 heteroatoms. The van der Waals surface area contributed by atoms with Crippen LogP contribution in [0.4, 0.5) is 0 Å². The van der Waals surface area contributed by atoms with Crippen LogP contribution in [0.3, 0.4) is 0 Å². The number of nitrogens with one attached hydrogen (secondary N) is 1. The lowest BCUT2D eigenvalue weighted by Gasteiger charge is -2.13. The van der Waals surface area contributed by atoms with Gasteiger partial charge in [0.15, 0.2) is 0 Å². The Morgan fingerprint density at radius 3 is 2.55 bits per heavy atom. The van der Waals surface area contributed by atoms with Crippen molar-refractivity contribution < 1.29 is 13.2 Å². The predicted molar refractivity (Wildman–Crippen MR) is 87.7 cm³/mol. The number of halogens is 1. The SMILES string of the molecule is CCCOc1ccc(Cl)cc1S(=O)(=O)NCc1ccccc1. The van der Waals surface area contributed by atoms with Crippen molar-refractivity contribution in [3.63, 3.8) is 0 Å². The second-order valence-electron chi connectivity index (χ2n) is 4.75. The van der Waals surface area contributed by atoms with Crippen molar-refractivity contribution in [2.45, 2.75) is 24.8 Å². The van der Waals surface area contributed by atoms with Gasteiger partial charge in [0.1, 0.15) is 10.6 Å². The first kappa shape index (κ1) is 16.8. The molecule has 0 aromatic heterocycles. The minimum Gasteiger partial charge on any atom is -0.492 e. The molecule has 0 bridgehead atoms. The molecule has 0 heterocycles. The molecule has 2 aromatic rings. The van der Waals surface area contributed by atoms with Crippen molar-refractivity contribution in [2.75, 3.05) is 6.61 Å². The van der Waals surface area contributed by atoms with E-state index in [9.17, 15) is 8.42 Å². The standard InChI is InChI=1S/C16H18ClNO3S/c1-2-10-21-15-9-8-14(17)11-16(15)22(19,20)18-12-13-6-4-3-5-7-13/h3-9,11,18H,2,10,12H2,1H3. The third-order valence-electron chi connectivity index (χ3n) is 2.97. The lowest BCUT2D eigenvalue weighted by Crippen LogP contribution is -2.24. The van der Waals surface area contributed by atoms with E-state index in [1.54, 1.807) is 12.1 Å². The molecule has 0 unspecified atom stereocenters. The van der Waals surface area contributed by atoms with Gasteiger partial charge in [-0.15, -0.1) is 0 Å². The zero-order valence-electron chi connectivity index (χ0n) is 12.3. The zero-order valence-corrected chi connectivity index (χ0v) is 13.8. The molecule has 0 radical (unpaired) electrons. The fraction of sp³-hybridized carbons (Fsp3) is 0.250. The monoisotopic (exact) mass is 339 g/mol. The first-order valence-electron chi connectivity index (χ1n) is 6.99. The summed E-state index contributed by atoms with van der Waals surface area (Å²) >= 11 is 5.93. The van der Waals surface area contributed by atoms with Gasteiger partial charge in [0.25, 0.3) is 0 Å². The molecule has 1 N–H and O–H groups in total. The highest BCUT2D eigenvalue weighted by Gasteiger charge is 2.20. The van der Waals surface area contributed by atoms with E-state index < -0.39 is 10.0 Å². The molecule has 0 saturated carbocycles. The summed E-state index contributed by atoms with van der Waals surface area (Å²) in [5.41, 5.74) is 0.879. The van der Waals surface area contributed by atoms with E-state index in [2.05, 4.69) is 4.72 Å². The van der Waals surface area contributed by atoms with E-state index >= 15 is 0 Å². The van der Waals surface area contributed by atoms with Crippen molar-refractivity contribution in [3.8, 4) is 5.75 Å². The van der Waals surface area contributed by atoms with Gasteiger partial charge in [-0.1, -0.05) is 48.9 Å². The highest BCUT2D eigenvalue weighted by molar-refractivity contribution is 7.89. The minimum absolute atomic E-state index is 0.0596. The lowest BCUT2D eigenvalue weighted by atomic mass is 10.2. The van der Waals surface area contributed by atoms with Crippen molar-refractivity contribution in [2.24, 2.45) is 0 Å². The highest BCUT2D eigenvalue weighted by Crippen LogP contribution is 2.27. The maximum absolute atomic E-state index is 12.5. The fourth-order valence-corrected chi connectivity index (χ4v) is 3.30. The quantitative estimate of drug-likeness (QED) is 0.838. The molecule has 2 rings (SSSR count). The van der Waals surface area contributed by atoms with Crippen molar-refractivity contribution >= 4 is 21.6 Å². The van der Waals surface area contributed by atoms with E-state index in [0.29, 0.717) is 17.4 Å². The summed E-state index contributed by atoms with van der Waals surface area (Å²) in [6, 6.07) is 13.9. The molecule has 0 spiro atoms. The Morgan fingerprint density at radius 1 is 1.14 bits per heavy atom. The van der Waals surface area contributed by atoms with Crippen molar-refractivity contribution in [1.82, 2.24) is 4.72 Å². The third-order valence-corrected chi connectivity index (χ3v) is 4.62. The molecule has 0 fully saturated rings. The van der Waals surface area contributed by atoms with Gasteiger partial charge in [-0.2, -0.15) is 0 Å². The molecule has 0 aliphatic heterocycles. The maximum Gasteiger partial charge on any atom is 0.244 e. The average molecular weight is 340 g/mol. The first-order valence-corrected chi connectivity index (χ1v) is 8.85. The Balaban J connectivity index is 2.22. The lowest BCUT2D eigenvalue weighted by molar-refractivity contribution is 0.309. The number of benzene rings is 2. The van der Waals surface area contributed by atoms with Crippen LogP contribution < -0.4 is 9.46 Å². The maximum atomic E-state index is 12.5. The van der Waals surface area contributed by atoms with Gasteiger partial charge >= 0.3 is 0 Å². The molecule has 118 valence electrons. The van der Waals surface area contributed by atoms with Gasteiger partial charge in [-0.25, -0.2) is 13.1 Å². The second-order valence-corrected chi connectivity index (χ2v) is 6.92. The van der Waals surface area contributed by atoms with E-state index in [0.717, 1.165) is 12.0 Å². The molecule has 0 aliphatic carbocycles. The Labute approximate surface area is 136 Å². The Morgan fingerprint density at radius 2 is 1.86 bits per heavy atom. The largest absolute Gasteiger partial charge is 0.492 e. The average Bonchev–Trinajstić information content (AvgIpc) is 2.53. The summed E-state index contributed by atoms with van der Waals surface area (Å²) in [5.74, 6) is 0.312. The van der Waals surface area contributed by atoms with Gasteiger partial charge in [0, 0.05) is 11.6 Å². The second kappa shape index (κ2) is 7.63. The number of hydrogen-bond acceptors (Lipinski definition) is 3. The van der Waals surface area contributed by atoms with Crippen LogP contribution in [0, 0.1) is 0 Å². The Kier molecular flexibility index (Phi) is 5.83. The number of hydrogen-bond donors (Lipinski definition) is 1. The molecular weight excluding hydrogens is 322 g/mol. The molecule has 0 amide bonds. The smallest absolute Gasteiger partial charge is 0.244 e. The Bertz CT molecular complexity index is 717. The molecule has 0 aliphatic rings. The normalized spacial score (nSPS) is 11.4. The van der Waals surface area contributed by atoms with Crippen LogP contribution in [0.5, 0.6) is 5.75 Å². The van der Waals surface area contributed by atoms with Crippen molar-refractivity contribution in [3.05, 3.63) is 59.1 Å². The van der Waals surface area contributed by atoms with Crippen LogP contribution in [0.25, 0.3) is 0 Å². The molecule has 4 nitrogen and oxygen atoms in total. The minimum atomic E-state index is -3.70. The summed E-state index contributed by atoms with van der Waals surface area (Å²) in [5, 5.41) is 0.351. The van der Waals surface area contributed by atoms with Crippen LogP contribution in [0.15, 0.2) is 53.4 Å². The summed E-state index contributed by atoms with van der Waals surface area (Å²) in [4.78, 5) is 0.0596. The first-order chi connectivity index (χ1) is 10.5. The van der Waals surface area contributed by atoms with Crippen LogP contribution in [-0.4, -0.2) is 15.0 Å². The third kappa shape index (κ3) is 4.47. The van der Waals surface area contributed by atoms with E-state index in [1.807, 2.05) is 37.3 Å². The number of rotatable bonds is 7. The van der Waals surface area contributed by atoms with Crippen LogP contribution >= 0.6 is 11.6 Å². The van der Waals surface area contributed by atoms with Gasteiger partial charge < -0.3 is 4.74 Å². The van der Waals surface area contributed by atoms with E-state index in [4.69, 9.17) is 16.3 Å². The van der Waals surface area contributed by atoms with Gasteiger partial charge in [-0.05, 0) is 30.2 Å². The highest BCUT2D eigenvalue weighted by atomic mass is 35.5. The van der Waals surface area contributed by atoms with Crippen LogP contribution in [-0.2, 0) is 16.6 Å². The summed E-state index contributed by atoms with van der Waals surface area (Å²) in [6.45, 7) is 2.61. The topological polar surface area (TPSA) is 55.4 Å². The van der Waals surface area contributed by atoms with Crippen LogP contribution in [0.2, 0.25) is 5.02 Å². The molecular formula is C16H18ClNO3S. The van der Waals surface area contributed by atoms with Crippen molar-refractivity contribution in [1.29, 1.82) is 0 Å². The van der Waals surface area contributed by atoms with Crippen LogP contribution in [0.1, 0.15) is 18.9 Å². The van der Waals surface area contributed by atoms with E-state index in [1.165, 1.54) is 6.07 Å².